The number of hydrogen-bond donors (Lipinski definition) is 3. The van der Waals surface area contributed by atoms with Gasteiger partial charge in [0, 0.05) is 95.8 Å². The first-order valence-electron chi connectivity index (χ1n) is 13.7. The molecule has 2 aliphatic heterocycles. The van der Waals surface area contributed by atoms with Gasteiger partial charge in [-0.1, -0.05) is 57.2 Å². The maximum atomic E-state index is 11.4. The summed E-state index contributed by atoms with van der Waals surface area (Å²) in [7, 11) is -0.547. The number of anilines is 1. The lowest BCUT2D eigenvalue weighted by Gasteiger charge is -2.51. The lowest BCUT2D eigenvalue weighted by atomic mass is 9.58. The van der Waals surface area contributed by atoms with Gasteiger partial charge >= 0.3 is 0 Å². The number of nitro benzene ring substituents is 1. The first-order valence-corrected chi connectivity index (χ1v) is 15.2. The Labute approximate surface area is 240 Å². The van der Waals surface area contributed by atoms with Crippen molar-refractivity contribution in [3.63, 3.8) is 0 Å². The molecule has 10 heteroatoms. The number of nitrogen functional groups attached to an aromatic ring is 1. The van der Waals surface area contributed by atoms with E-state index in [1.165, 1.54) is 22.8 Å². The average molecular weight is 569 g/mol. The zero-order valence-electron chi connectivity index (χ0n) is 24.2. The van der Waals surface area contributed by atoms with Crippen molar-refractivity contribution in [1.29, 1.82) is 5.41 Å². The molecule has 1 aliphatic carbocycles. The minimum absolute atomic E-state index is 0.0472. The Hall–Kier alpha value is -3.08. The first kappa shape index (κ1) is 31.4. The molecule has 0 amide bonds. The molecule has 1 aromatic carbocycles. The normalized spacial score (nSPS) is 23.2. The number of fused-ring (bicyclic) bond motifs is 1. The van der Waals surface area contributed by atoms with Gasteiger partial charge in [-0.05, 0) is 30.6 Å². The van der Waals surface area contributed by atoms with E-state index < -0.39 is 15.7 Å². The van der Waals surface area contributed by atoms with Crippen LogP contribution in [0.5, 0.6) is 0 Å². The molecule has 1 saturated heterocycles. The number of amidine groups is 1. The predicted molar refractivity (Wildman–Crippen MR) is 166 cm³/mol. The van der Waals surface area contributed by atoms with Crippen LogP contribution in [0.25, 0.3) is 0 Å². The quantitative estimate of drug-likeness (QED) is 0.112. The monoisotopic (exact) mass is 568 g/mol. The molecule has 9 nitrogen and oxygen atoms in total. The fraction of sp³-hybridized carbons (Fsp3) is 0.500. The fourth-order valence-corrected chi connectivity index (χ4v) is 7.30. The Bertz CT molecular complexity index is 1230. The van der Waals surface area contributed by atoms with Crippen molar-refractivity contribution in [1.82, 2.24) is 4.90 Å². The summed E-state index contributed by atoms with van der Waals surface area (Å²) >= 11 is 0. The van der Waals surface area contributed by atoms with E-state index in [0.29, 0.717) is 18.7 Å². The SMILES string of the molecule is C=C/C=C(\C)C1=CCC2(C)CN(c3cc(C(=N)N)cc([N+](=O)[O-])c3)CC=C2C1(C)C.NCCN1CCS(=O)CC1. The van der Waals surface area contributed by atoms with Crippen molar-refractivity contribution in [3.05, 3.63) is 81.5 Å². The van der Waals surface area contributed by atoms with Crippen LogP contribution in [0.3, 0.4) is 0 Å². The van der Waals surface area contributed by atoms with Gasteiger partial charge in [0.1, 0.15) is 5.84 Å². The highest BCUT2D eigenvalue weighted by atomic mass is 32.2. The topological polar surface area (TPSA) is 143 Å². The molecule has 0 aromatic heterocycles. The van der Waals surface area contributed by atoms with E-state index in [0.717, 1.165) is 49.8 Å². The van der Waals surface area contributed by atoms with Crippen molar-refractivity contribution in [2.24, 2.45) is 22.3 Å². The Morgan fingerprint density at radius 3 is 2.48 bits per heavy atom. The van der Waals surface area contributed by atoms with Gasteiger partial charge in [-0.2, -0.15) is 0 Å². The third-order valence-electron chi connectivity index (χ3n) is 8.11. The fourth-order valence-electron chi connectivity index (χ4n) is 6.17. The molecule has 5 N–H and O–H groups in total. The summed E-state index contributed by atoms with van der Waals surface area (Å²) in [6.07, 6.45) is 9.36. The van der Waals surface area contributed by atoms with Crippen molar-refractivity contribution < 1.29 is 9.13 Å². The van der Waals surface area contributed by atoms with Gasteiger partial charge in [0.25, 0.3) is 5.69 Å². The minimum Gasteiger partial charge on any atom is -0.384 e. The maximum absolute atomic E-state index is 11.4. The van der Waals surface area contributed by atoms with Crippen LogP contribution in [0.1, 0.15) is 39.7 Å². The lowest BCUT2D eigenvalue weighted by molar-refractivity contribution is -0.384. The summed E-state index contributed by atoms with van der Waals surface area (Å²) in [6.45, 7) is 17.7. The van der Waals surface area contributed by atoms with E-state index in [2.05, 4.69) is 62.3 Å². The van der Waals surface area contributed by atoms with Crippen LogP contribution in [0.4, 0.5) is 11.4 Å². The van der Waals surface area contributed by atoms with Crippen molar-refractivity contribution in [3.8, 4) is 0 Å². The molecular formula is C30H44N6O3S. The van der Waals surface area contributed by atoms with Crippen LogP contribution < -0.4 is 16.4 Å². The van der Waals surface area contributed by atoms with E-state index in [-0.39, 0.29) is 22.4 Å². The molecule has 1 atom stereocenters. The summed E-state index contributed by atoms with van der Waals surface area (Å²) < 4.78 is 10.9. The number of rotatable bonds is 7. The summed E-state index contributed by atoms with van der Waals surface area (Å²) in [6, 6.07) is 4.69. The summed E-state index contributed by atoms with van der Waals surface area (Å²) in [5.74, 6) is 1.50. The molecule has 3 aliphatic rings. The highest BCUT2D eigenvalue weighted by Crippen LogP contribution is 2.54. The molecule has 40 heavy (non-hydrogen) atoms. The standard InChI is InChI=1S/C24H30N4O2.C6H14N2OS/c1-6-7-16(2)20-8-10-24(5)15-27(11-9-21(24)23(20,3)4)18-12-17(22(25)26)13-19(14-18)28(29)30;7-1-2-8-3-5-10(9)6-4-8/h6-9,12-14H,1,10-11,15H2,2-5H3,(H3,25,26);1-7H2/b16-7+;. The molecule has 0 radical (unpaired) electrons. The van der Waals surface area contributed by atoms with Gasteiger partial charge < -0.3 is 21.3 Å². The number of benzene rings is 1. The van der Waals surface area contributed by atoms with E-state index in [1.54, 1.807) is 12.1 Å². The zero-order valence-corrected chi connectivity index (χ0v) is 25.1. The third kappa shape index (κ3) is 7.16. The highest BCUT2D eigenvalue weighted by Gasteiger charge is 2.45. The minimum atomic E-state index is -0.547. The van der Waals surface area contributed by atoms with Gasteiger partial charge in [0.05, 0.1) is 4.92 Å². The van der Waals surface area contributed by atoms with Crippen LogP contribution >= 0.6 is 0 Å². The molecule has 0 spiro atoms. The van der Waals surface area contributed by atoms with Gasteiger partial charge in [0.2, 0.25) is 0 Å². The van der Waals surface area contributed by atoms with E-state index >= 15 is 0 Å². The average Bonchev–Trinajstić information content (AvgIpc) is 2.89. The van der Waals surface area contributed by atoms with Gasteiger partial charge in [-0.25, -0.2) is 0 Å². The molecular weight excluding hydrogens is 524 g/mol. The molecule has 0 saturated carbocycles. The summed E-state index contributed by atoms with van der Waals surface area (Å²) in [5.41, 5.74) is 15.8. The molecule has 1 aromatic rings. The Morgan fingerprint density at radius 1 is 1.23 bits per heavy atom. The predicted octanol–water partition coefficient (Wildman–Crippen LogP) is 4.13. The van der Waals surface area contributed by atoms with Crippen molar-refractivity contribution in [2.45, 2.75) is 34.1 Å². The Kier molecular flexibility index (Phi) is 10.3. The summed E-state index contributed by atoms with van der Waals surface area (Å²) in [4.78, 5) is 15.4. The second-order valence-corrected chi connectivity index (χ2v) is 13.2. The smallest absolute Gasteiger partial charge is 0.272 e. The van der Waals surface area contributed by atoms with Crippen LogP contribution in [0.2, 0.25) is 0 Å². The van der Waals surface area contributed by atoms with Crippen LogP contribution in [0, 0.1) is 26.4 Å². The highest BCUT2D eigenvalue weighted by molar-refractivity contribution is 7.85. The molecule has 1 unspecified atom stereocenters. The number of hydrogen-bond acceptors (Lipinski definition) is 7. The van der Waals surface area contributed by atoms with E-state index in [1.807, 2.05) is 6.08 Å². The number of nitrogens with one attached hydrogen (secondary N) is 1. The number of allylic oxidation sites excluding steroid dienone is 5. The molecule has 2 heterocycles. The maximum Gasteiger partial charge on any atom is 0.272 e. The van der Waals surface area contributed by atoms with Gasteiger partial charge in [0.15, 0.2) is 0 Å². The van der Waals surface area contributed by atoms with Crippen LogP contribution in [0.15, 0.2) is 65.8 Å². The number of nitrogens with zero attached hydrogens (tertiary/aromatic N) is 3. The molecule has 0 bridgehead atoms. The van der Waals surface area contributed by atoms with Gasteiger partial charge in [-0.15, -0.1) is 0 Å². The number of nitro groups is 1. The third-order valence-corrected chi connectivity index (χ3v) is 9.38. The Morgan fingerprint density at radius 2 is 1.90 bits per heavy atom. The first-order chi connectivity index (χ1) is 18.8. The van der Waals surface area contributed by atoms with E-state index in [4.69, 9.17) is 16.9 Å². The van der Waals surface area contributed by atoms with E-state index in [9.17, 15) is 14.3 Å². The van der Waals surface area contributed by atoms with Crippen molar-refractivity contribution >= 4 is 28.0 Å². The summed E-state index contributed by atoms with van der Waals surface area (Å²) in [5, 5.41) is 19.1. The lowest BCUT2D eigenvalue weighted by Crippen LogP contribution is -2.47. The molecule has 4 rings (SSSR count). The van der Waals surface area contributed by atoms with Gasteiger partial charge in [-0.3, -0.25) is 19.7 Å². The largest absolute Gasteiger partial charge is 0.384 e. The second-order valence-electron chi connectivity index (χ2n) is 11.5. The van der Waals surface area contributed by atoms with Crippen molar-refractivity contribution in [2.75, 3.05) is 55.7 Å². The second kappa shape index (κ2) is 13.1. The number of non-ortho nitro benzene ring substituents is 1. The zero-order chi connectivity index (χ0) is 29.7. The Balaban J connectivity index is 0.000000371. The van der Waals surface area contributed by atoms with Crippen LogP contribution in [-0.4, -0.2) is 70.6 Å². The number of nitrogens with two attached hydrogens (primary N) is 2. The van der Waals surface area contributed by atoms with Crippen LogP contribution in [-0.2, 0) is 10.8 Å². The molecule has 218 valence electrons. The molecule has 1 fully saturated rings.